The van der Waals surface area contributed by atoms with Crippen molar-refractivity contribution in [2.75, 3.05) is 44.1 Å². The lowest BCUT2D eigenvalue weighted by molar-refractivity contribution is 0.340. The Labute approximate surface area is 154 Å². The Balaban J connectivity index is 1.76. The molecular weight excluding hydrogens is 334 g/mol. The van der Waals surface area contributed by atoms with Crippen LogP contribution >= 0.6 is 12.2 Å². The summed E-state index contributed by atoms with van der Waals surface area (Å²) in [5.41, 5.74) is 2.04. The van der Waals surface area contributed by atoms with E-state index in [4.69, 9.17) is 21.7 Å². The molecule has 0 amide bonds. The lowest BCUT2D eigenvalue weighted by Crippen LogP contribution is -2.35. The molecule has 0 aliphatic heterocycles. The van der Waals surface area contributed by atoms with E-state index in [1.54, 1.807) is 7.11 Å². The molecule has 0 saturated heterocycles. The van der Waals surface area contributed by atoms with Crippen molar-refractivity contribution in [3.63, 3.8) is 0 Å². The lowest BCUT2D eigenvalue weighted by Gasteiger charge is -2.20. The maximum absolute atomic E-state index is 5.49. The number of nitrogens with zero attached hydrogens (tertiary/aromatic N) is 1. The van der Waals surface area contributed by atoms with Gasteiger partial charge in [-0.15, -0.1) is 0 Å². The van der Waals surface area contributed by atoms with E-state index in [2.05, 4.69) is 15.5 Å². The molecule has 0 radical (unpaired) electrons. The summed E-state index contributed by atoms with van der Waals surface area (Å²) in [6.07, 6.45) is 0. The largest absolute Gasteiger partial charge is 0.497 e. The fourth-order valence-corrected chi connectivity index (χ4v) is 2.53. The van der Waals surface area contributed by atoms with Crippen LogP contribution in [0.4, 0.5) is 11.4 Å². The number of methoxy groups -OCH3 is 1. The van der Waals surface area contributed by atoms with E-state index in [0.29, 0.717) is 11.7 Å². The molecule has 0 saturated carbocycles. The van der Waals surface area contributed by atoms with Crippen molar-refractivity contribution >= 4 is 28.7 Å². The topological polar surface area (TPSA) is 45.8 Å². The minimum absolute atomic E-state index is 0.594. The van der Waals surface area contributed by atoms with Crippen LogP contribution in [0.25, 0.3) is 0 Å². The van der Waals surface area contributed by atoms with Crippen molar-refractivity contribution in [1.82, 2.24) is 5.32 Å². The highest BCUT2D eigenvalue weighted by Gasteiger charge is 2.03. The number of ether oxygens (including phenoxy) is 2. The number of thiocarbonyl (C=S) groups is 1. The summed E-state index contributed by atoms with van der Waals surface area (Å²) in [5.74, 6) is 1.68. The van der Waals surface area contributed by atoms with Gasteiger partial charge >= 0.3 is 0 Å². The first-order chi connectivity index (χ1) is 12.1. The number of hydrogen-bond acceptors (Lipinski definition) is 4. The van der Waals surface area contributed by atoms with E-state index in [9.17, 15) is 0 Å². The van der Waals surface area contributed by atoms with Crippen LogP contribution in [0.5, 0.6) is 11.5 Å². The van der Waals surface area contributed by atoms with Crippen molar-refractivity contribution in [2.45, 2.75) is 6.92 Å². The van der Waals surface area contributed by atoms with Crippen LogP contribution in [-0.4, -0.2) is 39.0 Å². The van der Waals surface area contributed by atoms with Gasteiger partial charge in [0.25, 0.3) is 0 Å². The summed E-state index contributed by atoms with van der Waals surface area (Å²) >= 11 is 5.35. The number of likely N-dealkylation sites (N-methyl/N-ethyl adjacent to an activating group) is 1. The highest BCUT2D eigenvalue weighted by molar-refractivity contribution is 7.80. The standard InChI is InChI=1S/C19H25N3O2S/c1-4-24-18-7-5-6-15(14-18)21-19(25)20-12-13-22(2)16-8-10-17(23-3)11-9-16/h5-11,14H,4,12-13H2,1-3H3,(H2,20,21,25). The molecule has 0 aromatic heterocycles. The number of benzene rings is 2. The molecule has 0 bridgehead atoms. The smallest absolute Gasteiger partial charge is 0.170 e. The molecule has 6 heteroatoms. The predicted molar refractivity (Wildman–Crippen MR) is 108 cm³/mol. The van der Waals surface area contributed by atoms with Gasteiger partial charge in [0.1, 0.15) is 11.5 Å². The molecule has 2 rings (SSSR count). The van der Waals surface area contributed by atoms with E-state index in [0.717, 1.165) is 36.0 Å². The Bertz CT molecular complexity index is 677. The number of rotatable bonds is 8. The van der Waals surface area contributed by atoms with Gasteiger partial charge in [-0.05, 0) is 55.5 Å². The number of anilines is 2. The third-order valence-electron chi connectivity index (χ3n) is 3.65. The quantitative estimate of drug-likeness (QED) is 0.703. The van der Waals surface area contributed by atoms with E-state index < -0.39 is 0 Å². The summed E-state index contributed by atoms with van der Waals surface area (Å²) in [4.78, 5) is 2.16. The first kappa shape index (κ1) is 18.9. The highest BCUT2D eigenvalue weighted by Crippen LogP contribution is 2.18. The zero-order valence-electron chi connectivity index (χ0n) is 14.9. The Kier molecular flexibility index (Phi) is 7.35. The molecule has 2 N–H and O–H groups in total. The van der Waals surface area contributed by atoms with Gasteiger partial charge in [-0.2, -0.15) is 0 Å². The second kappa shape index (κ2) is 9.74. The zero-order chi connectivity index (χ0) is 18.1. The van der Waals surface area contributed by atoms with E-state index in [1.165, 1.54) is 0 Å². The summed E-state index contributed by atoms with van der Waals surface area (Å²) in [7, 11) is 3.71. The van der Waals surface area contributed by atoms with E-state index in [1.807, 2.05) is 62.5 Å². The predicted octanol–water partition coefficient (Wildman–Crippen LogP) is 3.52. The second-order valence-corrected chi connectivity index (χ2v) is 5.87. The summed E-state index contributed by atoms with van der Waals surface area (Å²) in [6, 6.07) is 15.7. The monoisotopic (exact) mass is 359 g/mol. The van der Waals surface area contributed by atoms with Crippen molar-refractivity contribution in [2.24, 2.45) is 0 Å². The van der Waals surface area contributed by atoms with Crippen LogP contribution < -0.4 is 25.0 Å². The normalized spacial score (nSPS) is 10.0. The fourth-order valence-electron chi connectivity index (χ4n) is 2.31. The molecule has 5 nitrogen and oxygen atoms in total. The van der Waals surface area contributed by atoms with Crippen LogP contribution in [0.2, 0.25) is 0 Å². The lowest BCUT2D eigenvalue weighted by atomic mass is 10.3. The highest BCUT2D eigenvalue weighted by atomic mass is 32.1. The second-order valence-electron chi connectivity index (χ2n) is 5.46. The molecule has 0 unspecified atom stereocenters. The van der Waals surface area contributed by atoms with Gasteiger partial charge in [0.15, 0.2) is 5.11 Å². The molecule has 0 heterocycles. The Morgan fingerprint density at radius 2 is 1.88 bits per heavy atom. The Hall–Kier alpha value is -2.47. The van der Waals surface area contributed by atoms with Gasteiger partial charge in [-0.1, -0.05) is 6.07 Å². The fraction of sp³-hybridized carbons (Fsp3) is 0.316. The van der Waals surface area contributed by atoms with E-state index >= 15 is 0 Å². The summed E-state index contributed by atoms with van der Waals surface area (Å²) < 4.78 is 10.7. The van der Waals surface area contributed by atoms with Crippen LogP contribution in [-0.2, 0) is 0 Å². The average Bonchev–Trinajstić information content (AvgIpc) is 2.62. The van der Waals surface area contributed by atoms with Crippen LogP contribution in [0.1, 0.15) is 6.92 Å². The van der Waals surface area contributed by atoms with Crippen LogP contribution in [0.15, 0.2) is 48.5 Å². The zero-order valence-corrected chi connectivity index (χ0v) is 15.7. The SMILES string of the molecule is CCOc1cccc(NC(=S)NCCN(C)c2ccc(OC)cc2)c1. The van der Waals surface area contributed by atoms with Crippen LogP contribution in [0.3, 0.4) is 0 Å². The van der Waals surface area contributed by atoms with Gasteiger partial charge in [0.2, 0.25) is 0 Å². The van der Waals surface area contributed by atoms with E-state index in [-0.39, 0.29) is 0 Å². The van der Waals surface area contributed by atoms with Gasteiger partial charge in [0, 0.05) is 37.6 Å². The third-order valence-corrected chi connectivity index (χ3v) is 3.90. The summed E-state index contributed by atoms with van der Waals surface area (Å²) in [6.45, 7) is 4.17. The molecule has 2 aromatic carbocycles. The minimum Gasteiger partial charge on any atom is -0.497 e. The average molecular weight is 359 g/mol. The van der Waals surface area contributed by atoms with Crippen LogP contribution in [0, 0.1) is 0 Å². The molecule has 0 aliphatic carbocycles. The first-order valence-electron chi connectivity index (χ1n) is 8.25. The van der Waals surface area contributed by atoms with Gasteiger partial charge < -0.3 is 25.0 Å². The van der Waals surface area contributed by atoms with Crippen molar-refractivity contribution < 1.29 is 9.47 Å². The Morgan fingerprint density at radius 3 is 2.56 bits per heavy atom. The molecule has 2 aromatic rings. The van der Waals surface area contributed by atoms with Crippen molar-refractivity contribution in [3.8, 4) is 11.5 Å². The molecule has 134 valence electrons. The van der Waals surface area contributed by atoms with Crippen molar-refractivity contribution in [1.29, 1.82) is 0 Å². The molecule has 25 heavy (non-hydrogen) atoms. The first-order valence-corrected chi connectivity index (χ1v) is 8.66. The Morgan fingerprint density at radius 1 is 1.12 bits per heavy atom. The molecule has 0 fully saturated rings. The summed E-state index contributed by atoms with van der Waals surface area (Å²) in [5, 5.41) is 6.99. The molecular formula is C19H25N3O2S. The number of nitrogens with one attached hydrogen (secondary N) is 2. The minimum atomic E-state index is 0.594. The number of hydrogen-bond donors (Lipinski definition) is 2. The van der Waals surface area contributed by atoms with Gasteiger partial charge in [-0.3, -0.25) is 0 Å². The molecule has 0 atom stereocenters. The van der Waals surface area contributed by atoms with Gasteiger partial charge in [-0.25, -0.2) is 0 Å². The molecule has 0 aliphatic rings. The maximum Gasteiger partial charge on any atom is 0.170 e. The molecule has 0 spiro atoms. The third kappa shape index (κ3) is 6.15. The maximum atomic E-state index is 5.49. The van der Waals surface area contributed by atoms with Gasteiger partial charge in [0.05, 0.1) is 13.7 Å². The van der Waals surface area contributed by atoms with Crippen molar-refractivity contribution in [3.05, 3.63) is 48.5 Å².